The Morgan fingerprint density at radius 1 is 1.04 bits per heavy atom. The molecule has 0 unspecified atom stereocenters. The number of thiazole rings is 1. The van der Waals surface area contributed by atoms with Crippen LogP contribution < -0.4 is 0 Å². The van der Waals surface area contributed by atoms with Crippen LogP contribution >= 0.6 is 11.3 Å². The number of aromatic nitrogens is 1. The lowest BCUT2D eigenvalue weighted by atomic mass is 10.0. The first-order chi connectivity index (χ1) is 13.3. The van der Waals surface area contributed by atoms with Gasteiger partial charge in [-0.1, -0.05) is 73.7 Å². The number of fused-ring (bicyclic) bond motifs is 1. The van der Waals surface area contributed by atoms with E-state index in [1.54, 1.807) is 0 Å². The predicted octanol–water partition coefficient (Wildman–Crippen LogP) is 6.59. The molecule has 0 saturated heterocycles. The van der Waals surface area contributed by atoms with E-state index in [1.807, 2.05) is 35.7 Å². The first-order valence-corrected chi connectivity index (χ1v) is 9.81. The lowest BCUT2D eigenvalue weighted by Crippen LogP contribution is -1.85. The lowest BCUT2D eigenvalue weighted by Gasteiger charge is -2.02. The van der Waals surface area contributed by atoms with Crippen molar-refractivity contribution in [2.24, 2.45) is 0 Å². The van der Waals surface area contributed by atoms with Crippen LogP contribution in [0, 0.1) is 11.3 Å². The SMILES string of the molecule is CCc1ccc(-c2csc(/C(C#N)=C/c3cccc4ccccc34)n2)cc1. The van der Waals surface area contributed by atoms with Gasteiger partial charge in [0.1, 0.15) is 11.1 Å². The van der Waals surface area contributed by atoms with Crippen LogP contribution in [0.4, 0.5) is 0 Å². The van der Waals surface area contributed by atoms with E-state index < -0.39 is 0 Å². The normalized spacial score (nSPS) is 11.5. The number of allylic oxidation sites excluding steroid dienone is 1. The van der Waals surface area contributed by atoms with Crippen molar-refractivity contribution in [3.63, 3.8) is 0 Å². The molecule has 4 rings (SSSR count). The predicted molar refractivity (Wildman–Crippen MR) is 114 cm³/mol. The molecule has 0 aliphatic rings. The molecule has 130 valence electrons. The quantitative estimate of drug-likeness (QED) is 0.382. The van der Waals surface area contributed by atoms with Crippen molar-refractivity contribution in [2.45, 2.75) is 13.3 Å². The van der Waals surface area contributed by atoms with Crippen LogP contribution in [-0.2, 0) is 6.42 Å². The second kappa shape index (κ2) is 7.57. The highest BCUT2D eigenvalue weighted by Gasteiger charge is 2.10. The van der Waals surface area contributed by atoms with Crippen molar-refractivity contribution >= 4 is 33.8 Å². The molecule has 0 fully saturated rings. The molecule has 4 aromatic rings. The van der Waals surface area contributed by atoms with Gasteiger partial charge in [-0.05, 0) is 34.4 Å². The summed E-state index contributed by atoms with van der Waals surface area (Å²) in [5, 5.41) is 14.8. The van der Waals surface area contributed by atoms with E-state index in [-0.39, 0.29) is 0 Å². The molecule has 0 aliphatic heterocycles. The van der Waals surface area contributed by atoms with Crippen molar-refractivity contribution in [2.75, 3.05) is 0 Å². The summed E-state index contributed by atoms with van der Waals surface area (Å²) in [6.07, 6.45) is 2.96. The van der Waals surface area contributed by atoms with Crippen molar-refractivity contribution in [3.05, 3.63) is 88.2 Å². The molecule has 27 heavy (non-hydrogen) atoms. The molecule has 1 aromatic heterocycles. The smallest absolute Gasteiger partial charge is 0.134 e. The number of hydrogen-bond acceptors (Lipinski definition) is 3. The van der Waals surface area contributed by atoms with E-state index in [4.69, 9.17) is 4.98 Å². The van der Waals surface area contributed by atoms with Crippen LogP contribution in [-0.4, -0.2) is 4.98 Å². The Balaban J connectivity index is 1.72. The summed E-state index contributed by atoms with van der Waals surface area (Å²) in [7, 11) is 0. The summed E-state index contributed by atoms with van der Waals surface area (Å²) in [5.41, 5.74) is 4.93. The first kappa shape index (κ1) is 17.2. The minimum absolute atomic E-state index is 0.591. The van der Waals surface area contributed by atoms with Crippen molar-refractivity contribution < 1.29 is 0 Å². The molecule has 1 heterocycles. The maximum absolute atomic E-state index is 9.71. The molecule has 0 spiro atoms. The first-order valence-electron chi connectivity index (χ1n) is 8.93. The van der Waals surface area contributed by atoms with E-state index in [9.17, 15) is 5.26 Å². The highest BCUT2D eigenvalue weighted by Crippen LogP contribution is 2.29. The van der Waals surface area contributed by atoms with Gasteiger partial charge in [-0.2, -0.15) is 5.26 Å². The fraction of sp³-hybridized carbons (Fsp3) is 0.0833. The summed E-state index contributed by atoms with van der Waals surface area (Å²) >= 11 is 1.51. The molecule has 3 heteroatoms. The van der Waals surface area contributed by atoms with Crippen molar-refractivity contribution in [3.8, 4) is 17.3 Å². The van der Waals surface area contributed by atoms with E-state index in [1.165, 1.54) is 22.3 Å². The topological polar surface area (TPSA) is 36.7 Å². The Labute approximate surface area is 163 Å². The van der Waals surface area contributed by atoms with Gasteiger partial charge in [0.15, 0.2) is 0 Å². The number of nitriles is 1. The molecule has 0 bridgehead atoms. The van der Waals surface area contributed by atoms with E-state index in [2.05, 4.69) is 55.5 Å². The summed E-state index contributed by atoms with van der Waals surface area (Å²) in [5.74, 6) is 0. The zero-order valence-electron chi connectivity index (χ0n) is 15.0. The fourth-order valence-corrected chi connectivity index (χ4v) is 3.91. The van der Waals surface area contributed by atoms with E-state index in [0.29, 0.717) is 5.57 Å². The van der Waals surface area contributed by atoms with E-state index >= 15 is 0 Å². The molecule has 0 saturated carbocycles. The summed E-state index contributed by atoms with van der Waals surface area (Å²) in [4.78, 5) is 4.71. The Morgan fingerprint density at radius 2 is 1.81 bits per heavy atom. The minimum Gasteiger partial charge on any atom is -0.235 e. The third kappa shape index (κ3) is 3.53. The lowest BCUT2D eigenvalue weighted by molar-refractivity contribution is 1.14. The molecular weight excluding hydrogens is 348 g/mol. The second-order valence-corrected chi connectivity index (χ2v) is 7.18. The zero-order valence-corrected chi connectivity index (χ0v) is 15.8. The zero-order chi connectivity index (χ0) is 18.6. The highest BCUT2D eigenvalue weighted by molar-refractivity contribution is 7.11. The number of nitrogens with zero attached hydrogens (tertiary/aromatic N) is 2. The van der Waals surface area contributed by atoms with Gasteiger partial charge in [-0.25, -0.2) is 4.98 Å². The van der Waals surface area contributed by atoms with Gasteiger partial charge < -0.3 is 0 Å². The van der Waals surface area contributed by atoms with Gasteiger partial charge in [0.25, 0.3) is 0 Å². The van der Waals surface area contributed by atoms with Gasteiger partial charge >= 0.3 is 0 Å². The van der Waals surface area contributed by atoms with Gasteiger partial charge in [-0.3, -0.25) is 0 Å². The van der Waals surface area contributed by atoms with Gasteiger partial charge in [0, 0.05) is 10.9 Å². The van der Waals surface area contributed by atoms with Crippen LogP contribution in [0.2, 0.25) is 0 Å². The van der Waals surface area contributed by atoms with Crippen LogP contribution in [0.3, 0.4) is 0 Å². The van der Waals surface area contributed by atoms with Crippen LogP contribution in [0.5, 0.6) is 0 Å². The summed E-state index contributed by atoms with van der Waals surface area (Å²) in [6.45, 7) is 2.15. The van der Waals surface area contributed by atoms with Gasteiger partial charge in [-0.15, -0.1) is 11.3 Å². The molecule has 0 aliphatic carbocycles. The summed E-state index contributed by atoms with van der Waals surface area (Å²) in [6, 6.07) is 25.1. The molecule has 0 radical (unpaired) electrons. The maximum atomic E-state index is 9.71. The minimum atomic E-state index is 0.591. The highest BCUT2D eigenvalue weighted by atomic mass is 32.1. The summed E-state index contributed by atoms with van der Waals surface area (Å²) < 4.78 is 0. The molecular formula is C24H18N2S. The maximum Gasteiger partial charge on any atom is 0.134 e. The van der Waals surface area contributed by atoms with Gasteiger partial charge in [0.05, 0.1) is 11.3 Å². The number of rotatable bonds is 4. The molecule has 0 atom stereocenters. The number of benzene rings is 3. The molecule has 0 amide bonds. The van der Waals surface area contributed by atoms with Crippen LogP contribution in [0.25, 0.3) is 33.7 Å². The van der Waals surface area contributed by atoms with Crippen molar-refractivity contribution in [1.82, 2.24) is 4.98 Å². The molecule has 0 N–H and O–H groups in total. The largest absolute Gasteiger partial charge is 0.235 e. The third-order valence-corrected chi connectivity index (χ3v) is 5.51. The fourth-order valence-electron chi connectivity index (χ4n) is 3.11. The molecule has 3 aromatic carbocycles. The Bertz CT molecular complexity index is 1160. The average Bonchev–Trinajstić information content (AvgIpc) is 3.22. The Kier molecular flexibility index (Phi) is 4.82. The number of aryl methyl sites for hydroxylation is 1. The van der Waals surface area contributed by atoms with Crippen LogP contribution in [0.1, 0.15) is 23.1 Å². The second-order valence-electron chi connectivity index (χ2n) is 6.33. The van der Waals surface area contributed by atoms with Crippen molar-refractivity contribution in [1.29, 1.82) is 5.26 Å². The van der Waals surface area contributed by atoms with E-state index in [0.717, 1.165) is 33.6 Å². The van der Waals surface area contributed by atoms with Gasteiger partial charge in [0.2, 0.25) is 0 Å². The van der Waals surface area contributed by atoms with Crippen LogP contribution in [0.15, 0.2) is 72.1 Å². The standard InChI is InChI=1S/C24H18N2S/c1-2-17-10-12-19(13-11-17)23-16-27-24(26-23)21(15-25)14-20-8-5-7-18-6-3-4-9-22(18)20/h3-14,16H,2H2,1H3/b21-14+. The average molecular weight is 366 g/mol. The monoisotopic (exact) mass is 366 g/mol. The molecule has 2 nitrogen and oxygen atoms in total. The number of hydrogen-bond donors (Lipinski definition) is 0. The third-order valence-electron chi connectivity index (χ3n) is 4.64. The Hall–Kier alpha value is -3.22. The Morgan fingerprint density at radius 3 is 2.59 bits per heavy atom.